The zero-order valence-electron chi connectivity index (χ0n) is 13.4. The maximum atomic E-state index is 5.37. The first-order chi connectivity index (χ1) is 10.0. The van der Waals surface area contributed by atoms with Gasteiger partial charge in [0, 0.05) is 26.7 Å². The van der Waals surface area contributed by atoms with E-state index >= 15 is 0 Å². The number of anilines is 3. The molecule has 0 spiro atoms. The Labute approximate surface area is 126 Å². The highest BCUT2D eigenvalue weighted by Crippen LogP contribution is 2.21. The molecule has 1 saturated heterocycles. The van der Waals surface area contributed by atoms with Gasteiger partial charge in [-0.05, 0) is 11.8 Å². The van der Waals surface area contributed by atoms with Gasteiger partial charge in [0.05, 0.1) is 13.2 Å². The van der Waals surface area contributed by atoms with Gasteiger partial charge in [-0.2, -0.15) is 15.0 Å². The van der Waals surface area contributed by atoms with Crippen LogP contribution >= 0.6 is 0 Å². The Morgan fingerprint density at radius 2 is 1.81 bits per heavy atom. The number of hydrogen-bond acceptors (Lipinski definition) is 7. The summed E-state index contributed by atoms with van der Waals surface area (Å²) in [7, 11) is 1.82. The monoisotopic (exact) mass is 294 g/mol. The van der Waals surface area contributed by atoms with Gasteiger partial charge in [-0.1, -0.05) is 20.8 Å². The maximum Gasteiger partial charge on any atom is 0.232 e. The fourth-order valence-electron chi connectivity index (χ4n) is 1.90. The van der Waals surface area contributed by atoms with Gasteiger partial charge in [0.25, 0.3) is 0 Å². The molecule has 0 aliphatic carbocycles. The highest BCUT2D eigenvalue weighted by atomic mass is 16.5. The van der Waals surface area contributed by atoms with Gasteiger partial charge in [0.1, 0.15) is 0 Å². The SMILES string of the molecule is CCC(C)(C)CNc1nc(NC)nc(N2CCOCC2)n1. The van der Waals surface area contributed by atoms with Crippen molar-refractivity contribution in [2.24, 2.45) is 5.41 Å². The first kappa shape index (κ1) is 15.8. The Bertz CT molecular complexity index is 459. The molecule has 0 saturated carbocycles. The van der Waals surface area contributed by atoms with Gasteiger partial charge in [0.2, 0.25) is 17.8 Å². The molecular formula is C14H26N6O. The molecule has 1 aliphatic heterocycles. The van der Waals surface area contributed by atoms with Crippen molar-refractivity contribution in [3.63, 3.8) is 0 Å². The molecule has 2 N–H and O–H groups in total. The van der Waals surface area contributed by atoms with E-state index in [1.54, 1.807) is 0 Å². The average Bonchev–Trinajstić information content (AvgIpc) is 2.53. The second-order valence-corrected chi connectivity index (χ2v) is 6.00. The van der Waals surface area contributed by atoms with Gasteiger partial charge in [-0.25, -0.2) is 0 Å². The van der Waals surface area contributed by atoms with Crippen LogP contribution in [0.25, 0.3) is 0 Å². The van der Waals surface area contributed by atoms with Crippen LogP contribution in [0.1, 0.15) is 27.2 Å². The molecule has 0 amide bonds. The summed E-state index contributed by atoms with van der Waals surface area (Å²) in [5.74, 6) is 1.91. The Morgan fingerprint density at radius 1 is 1.14 bits per heavy atom. The summed E-state index contributed by atoms with van der Waals surface area (Å²) in [5.41, 5.74) is 0.214. The number of morpholine rings is 1. The second kappa shape index (κ2) is 6.89. The highest BCUT2D eigenvalue weighted by molar-refractivity contribution is 5.43. The summed E-state index contributed by atoms with van der Waals surface area (Å²) < 4.78 is 5.37. The third-order valence-corrected chi connectivity index (χ3v) is 3.82. The number of rotatable bonds is 6. The van der Waals surface area contributed by atoms with Crippen LogP contribution in [0.3, 0.4) is 0 Å². The molecule has 21 heavy (non-hydrogen) atoms. The lowest BCUT2D eigenvalue weighted by Gasteiger charge is -2.27. The average molecular weight is 294 g/mol. The third kappa shape index (κ3) is 4.42. The van der Waals surface area contributed by atoms with Crippen LogP contribution in [0.15, 0.2) is 0 Å². The topological polar surface area (TPSA) is 75.2 Å². The number of nitrogens with one attached hydrogen (secondary N) is 2. The van der Waals surface area contributed by atoms with E-state index in [2.05, 4.69) is 51.3 Å². The largest absolute Gasteiger partial charge is 0.378 e. The molecule has 1 fully saturated rings. The molecule has 0 aromatic carbocycles. The molecule has 1 aliphatic rings. The highest BCUT2D eigenvalue weighted by Gasteiger charge is 2.18. The lowest BCUT2D eigenvalue weighted by molar-refractivity contribution is 0.122. The van der Waals surface area contributed by atoms with E-state index in [9.17, 15) is 0 Å². The molecule has 2 heterocycles. The fraction of sp³-hybridized carbons (Fsp3) is 0.786. The van der Waals surface area contributed by atoms with Crippen molar-refractivity contribution in [3.8, 4) is 0 Å². The second-order valence-electron chi connectivity index (χ2n) is 6.00. The van der Waals surface area contributed by atoms with Crippen molar-refractivity contribution in [1.82, 2.24) is 15.0 Å². The van der Waals surface area contributed by atoms with Crippen molar-refractivity contribution >= 4 is 17.8 Å². The Kier molecular flexibility index (Phi) is 5.17. The van der Waals surface area contributed by atoms with Gasteiger partial charge in [-0.15, -0.1) is 0 Å². The summed E-state index contributed by atoms with van der Waals surface area (Å²) in [4.78, 5) is 15.5. The Balaban J connectivity index is 2.13. The molecule has 118 valence electrons. The van der Waals surface area contributed by atoms with Crippen LogP contribution in [0.5, 0.6) is 0 Å². The summed E-state index contributed by atoms with van der Waals surface area (Å²) >= 11 is 0. The van der Waals surface area contributed by atoms with E-state index in [4.69, 9.17) is 4.74 Å². The smallest absolute Gasteiger partial charge is 0.232 e. The van der Waals surface area contributed by atoms with Crippen molar-refractivity contribution in [2.75, 3.05) is 55.4 Å². The van der Waals surface area contributed by atoms with Crippen LogP contribution in [-0.2, 0) is 4.74 Å². The van der Waals surface area contributed by atoms with E-state index in [1.807, 2.05) is 7.05 Å². The molecule has 1 aromatic heterocycles. The molecule has 0 atom stereocenters. The van der Waals surface area contributed by atoms with E-state index in [0.717, 1.165) is 26.1 Å². The predicted octanol–water partition coefficient (Wildman–Crippen LogP) is 1.60. The fourth-order valence-corrected chi connectivity index (χ4v) is 1.90. The summed E-state index contributed by atoms with van der Waals surface area (Å²) in [6.45, 7) is 10.5. The van der Waals surface area contributed by atoms with Crippen LogP contribution < -0.4 is 15.5 Å². The molecule has 2 rings (SSSR count). The molecule has 0 radical (unpaired) electrons. The number of hydrogen-bond donors (Lipinski definition) is 2. The van der Waals surface area contributed by atoms with E-state index in [1.165, 1.54) is 0 Å². The van der Waals surface area contributed by atoms with E-state index < -0.39 is 0 Å². The lowest BCUT2D eigenvalue weighted by atomic mass is 9.90. The van der Waals surface area contributed by atoms with Gasteiger partial charge < -0.3 is 20.3 Å². The van der Waals surface area contributed by atoms with Crippen LogP contribution in [0.2, 0.25) is 0 Å². The lowest BCUT2D eigenvalue weighted by Crippen LogP contribution is -2.37. The summed E-state index contributed by atoms with van der Waals surface area (Å²) in [6, 6.07) is 0. The molecule has 1 aromatic rings. The predicted molar refractivity (Wildman–Crippen MR) is 85.0 cm³/mol. The zero-order chi connectivity index (χ0) is 15.3. The Hall–Kier alpha value is -1.63. The van der Waals surface area contributed by atoms with Crippen molar-refractivity contribution in [2.45, 2.75) is 27.2 Å². The first-order valence-corrected chi connectivity index (χ1v) is 7.54. The first-order valence-electron chi connectivity index (χ1n) is 7.54. The van der Waals surface area contributed by atoms with Crippen LogP contribution in [0, 0.1) is 5.41 Å². The molecular weight excluding hydrogens is 268 g/mol. The van der Waals surface area contributed by atoms with E-state index in [-0.39, 0.29) is 5.41 Å². The summed E-state index contributed by atoms with van der Waals surface area (Å²) in [6.07, 6.45) is 1.10. The molecule has 7 nitrogen and oxygen atoms in total. The maximum absolute atomic E-state index is 5.37. The Morgan fingerprint density at radius 3 is 2.43 bits per heavy atom. The van der Waals surface area contributed by atoms with Gasteiger partial charge >= 0.3 is 0 Å². The van der Waals surface area contributed by atoms with Gasteiger partial charge in [-0.3, -0.25) is 0 Å². The molecule has 0 bridgehead atoms. The van der Waals surface area contributed by atoms with Crippen LogP contribution in [0.4, 0.5) is 17.8 Å². The minimum absolute atomic E-state index is 0.214. The summed E-state index contributed by atoms with van der Waals surface area (Å²) in [5, 5.41) is 6.33. The minimum Gasteiger partial charge on any atom is -0.378 e. The van der Waals surface area contributed by atoms with Crippen molar-refractivity contribution in [1.29, 1.82) is 0 Å². The zero-order valence-corrected chi connectivity index (χ0v) is 13.4. The quantitative estimate of drug-likeness (QED) is 0.825. The normalized spacial score (nSPS) is 15.9. The molecule has 0 unspecified atom stereocenters. The third-order valence-electron chi connectivity index (χ3n) is 3.82. The standard InChI is InChI=1S/C14H26N6O/c1-5-14(2,3)10-16-12-17-11(15-4)18-13(19-12)20-6-8-21-9-7-20/h5-10H2,1-4H3,(H2,15,16,17,18,19). The number of ether oxygens (including phenoxy) is 1. The van der Waals surface area contributed by atoms with Crippen molar-refractivity contribution < 1.29 is 4.74 Å². The molecule has 7 heteroatoms. The van der Waals surface area contributed by atoms with Crippen molar-refractivity contribution in [3.05, 3.63) is 0 Å². The van der Waals surface area contributed by atoms with Gasteiger partial charge in [0.15, 0.2) is 0 Å². The van der Waals surface area contributed by atoms with E-state index in [0.29, 0.717) is 31.1 Å². The van der Waals surface area contributed by atoms with Crippen LogP contribution in [-0.4, -0.2) is 54.8 Å². The number of nitrogens with zero attached hydrogens (tertiary/aromatic N) is 4. The number of aromatic nitrogens is 3. The minimum atomic E-state index is 0.214.